The van der Waals surface area contributed by atoms with Gasteiger partial charge in [-0.05, 0) is 24.6 Å². The van der Waals surface area contributed by atoms with Gasteiger partial charge < -0.3 is 13.9 Å². The largest absolute Gasteiger partial charge is 0.494 e. The summed E-state index contributed by atoms with van der Waals surface area (Å²) in [5, 5.41) is 7.43. The second-order valence-electron chi connectivity index (χ2n) is 3.78. The Morgan fingerprint density at radius 1 is 1.37 bits per heavy atom. The van der Waals surface area contributed by atoms with Gasteiger partial charge in [0, 0.05) is 5.56 Å². The molecule has 6 nitrogen and oxygen atoms in total. The van der Waals surface area contributed by atoms with E-state index < -0.39 is 5.97 Å². The van der Waals surface area contributed by atoms with E-state index in [4.69, 9.17) is 9.15 Å². The zero-order valence-corrected chi connectivity index (χ0v) is 10.8. The molecule has 0 bridgehead atoms. The Hall–Kier alpha value is -2.37. The van der Waals surface area contributed by atoms with Crippen LogP contribution >= 0.6 is 0 Å². The highest BCUT2D eigenvalue weighted by atomic mass is 16.5. The van der Waals surface area contributed by atoms with Gasteiger partial charge in [0.05, 0.1) is 13.7 Å². The van der Waals surface area contributed by atoms with Crippen molar-refractivity contribution in [1.82, 2.24) is 10.2 Å². The lowest BCUT2D eigenvalue weighted by atomic mass is 10.2. The molecule has 0 aliphatic carbocycles. The molecule has 0 spiro atoms. The van der Waals surface area contributed by atoms with Crippen LogP contribution in [0.5, 0.6) is 5.75 Å². The van der Waals surface area contributed by atoms with Gasteiger partial charge in [0.1, 0.15) is 5.75 Å². The van der Waals surface area contributed by atoms with Crippen LogP contribution in [0.15, 0.2) is 28.7 Å². The smallest absolute Gasteiger partial charge is 0.396 e. The van der Waals surface area contributed by atoms with Crippen molar-refractivity contribution in [2.45, 2.75) is 13.3 Å². The fourth-order valence-corrected chi connectivity index (χ4v) is 1.45. The summed E-state index contributed by atoms with van der Waals surface area (Å²) in [5.74, 6) is 0.147. The van der Waals surface area contributed by atoms with Crippen molar-refractivity contribution in [2.75, 3.05) is 13.7 Å². The van der Waals surface area contributed by atoms with Crippen LogP contribution in [-0.2, 0) is 4.74 Å². The average Bonchev–Trinajstić information content (AvgIpc) is 2.94. The number of hydrogen-bond donors (Lipinski definition) is 0. The summed E-state index contributed by atoms with van der Waals surface area (Å²) in [6.07, 6.45) is 0.928. The second kappa shape index (κ2) is 5.99. The van der Waals surface area contributed by atoms with Crippen molar-refractivity contribution in [3.8, 4) is 17.2 Å². The predicted molar refractivity (Wildman–Crippen MR) is 66.9 cm³/mol. The first kappa shape index (κ1) is 13.1. The zero-order valence-electron chi connectivity index (χ0n) is 10.8. The molecule has 0 radical (unpaired) electrons. The summed E-state index contributed by atoms with van der Waals surface area (Å²) in [6.45, 7) is 2.67. The predicted octanol–water partition coefficient (Wildman–Crippen LogP) is 2.31. The number of benzene rings is 1. The Bertz CT molecular complexity index is 565. The van der Waals surface area contributed by atoms with Crippen molar-refractivity contribution in [3.05, 3.63) is 30.2 Å². The summed E-state index contributed by atoms with van der Waals surface area (Å²) >= 11 is 0. The molecule has 19 heavy (non-hydrogen) atoms. The number of hydrogen-bond acceptors (Lipinski definition) is 6. The number of esters is 1. The van der Waals surface area contributed by atoms with Crippen LogP contribution in [-0.4, -0.2) is 29.9 Å². The molecule has 6 heteroatoms. The van der Waals surface area contributed by atoms with Crippen molar-refractivity contribution in [3.63, 3.8) is 0 Å². The van der Waals surface area contributed by atoms with Crippen molar-refractivity contribution < 1.29 is 18.7 Å². The average molecular weight is 262 g/mol. The lowest BCUT2D eigenvalue weighted by Gasteiger charge is -2.04. The van der Waals surface area contributed by atoms with Gasteiger partial charge in [-0.25, -0.2) is 4.79 Å². The first-order valence-electron chi connectivity index (χ1n) is 5.89. The Morgan fingerprint density at radius 2 is 2.21 bits per heavy atom. The number of aromatic nitrogens is 2. The summed E-state index contributed by atoms with van der Waals surface area (Å²) < 4.78 is 15.2. The minimum absolute atomic E-state index is 0.169. The van der Waals surface area contributed by atoms with Crippen LogP contribution in [0.2, 0.25) is 0 Å². The van der Waals surface area contributed by atoms with Crippen LogP contribution in [0.1, 0.15) is 24.0 Å². The molecule has 1 aromatic heterocycles. The van der Waals surface area contributed by atoms with E-state index in [1.807, 2.05) is 19.1 Å². The molecular weight excluding hydrogens is 248 g/mol. The minimum Gasteiger partial charge on any atom is -0.494 e. The lowest BCUT2D eigenvalue weighted by molar-refractivity contribution is 0.0556. The number of carbonyl (C=O) groups is 1. The maximum absolute atomic E-state index is 11.2. The SMILES string of the molecule is CCCOc1cccc(-c2nnc(C(=O)OC)o2)c1. The van der Waals surface area contributed by atoms with Crippen LogP contribution in [0, 0.1) is 0 Å². The van der Waals surface area contributed by atoms with Crippen LogP contribution in [0.4, 0.5) is 0 Å². The fraction of sp³-hybridized carbons (Fsp3) is 0.308. The van der Waals surface area contributed by atoms with E-state index in [0.29, 0.717) is 12.2 Å². The Balaban J connectivity index is 2.21. The maximum Gasteiger partial charge on any atom is 0.396 e. The molecule has 1 heterocycles. The molecule has 2 aromatic rings. The summed E-state index contributed by atoms with van der Waals surface area (Å²) in [4.78, 5) is 11.2. The Morgan fingerprint density at radius 3 is 2.95 bits per heavy atom. The molecule has 0 atom stereocenters. The topological polar surface area (TPSA) is 74.5 Å². The van der Waals surface area contributed by atoms with E-state index in [9.17, 15) is 4.79 Å². The first-order chi connectivity index (χ1) is 9.24. The fourth-order valence-electron chi connectivity index (χ4n) is 1.45. The molecule has 1 aromatic carbocycles. The minimum atomic E-state index is -0.655. The number of methoxy groups -OCH3 is 1. The standard InChI is InChI=1S/C13H14N2O4/c1-3-7-18-10-6-4-5-9(8-10)11-14-15-12(19-11)13(16)17-2/h4-6,8H,3,7H2,1-2H3. The van der Waals surface area contributed by atoms with Gasteiger partial charge in [-0.15, -0.1) is 10.2 Å². The maximum atomic E-state index is 11.2. The van der Waals surface area contributed by atoms with E-state index >= 15 is 0 Å². The van der Waals surface area contributed by atoms with E-state index in [1.54, 1.807) is 12.1 Å². The number of nitrogens with zero attached hydrogens (tertiary/aromatic N) is 2. The molecule has 0 unspecified atom stereocenters. The summed E-state index contributed by atoms with van der Waals surface area (Å²) in [5.41, 5.74) is 0.691. The molecule has 0 amide bonds. The van der Waals surface area contributed by atoms with Crippen LogP contribution < -0.4 is 4.74 Å². The molecule has 0 fully saturated rings. The van der Waals surface area contributed by atoms with E-state index in [1.165, 1.54) is 7.11 Å². The van der Waals surface area contributed by atoms with Crippen molar-refractivity contribution in [1.29, 1.82) is 0 Å². The third kappa shape index (κ3) is 3.09. The Labute approximate surface area is 110 Å². The summed E-state index contributed by atoms with van der Waals surface area (Å²) in [7, 11) is 1.26. The molecule has 0 saturated carbocycles. The third-order valence-electron chi connectivity index (χ3n) is 2.34. The highest BCUT2D eigenvalue weighted by molar-refractivity contribution is 5.84. The molecular formula is C13H14N2O4. The second-order valence-corrected chi connectivity index (χ2v) is 3.78. The van der Waals surface area contributed by atoms with Gasteiger partial charge in [-0.1, -0.05) is 13.0 Å². The molecule has 2 rings (SSSR count). The number of ether oxygens (including phenoxy) is 2. The monoisotopic (exact) mass is 262 g/mol. The van der Waals surface area contributed by atoms with E-state index in [-0.39, 0.29) is 11.8 Å². The highest BCUT2D eigenvalue weighted by Crippen LogP contribution is 2.23. The van der Waals surface area contributed by atoms with Crippen molar-refractivity contribution in [2.24, 2.45) is 0 Å². The van der Waals surface area contributed by atoms with Gasteiger partial charge in [0.15, 0.2) is 0 Å². The van der Waals surface area contributed by atoms with Crippen molar-refractivity contribution >= 4 is 5.97 Å². The molecule has 0 aliphatic heterocycles. The highest BCUT2D eigenvalue weighted by Gasteiger charge is 2.16. The summed E-state index contributed by atoms with van der Waals surface area (Å²) in [6, 6.07) is 7.25. The normalized spacial score (nSPS) is 10.2. The van der Waals surface area contributed by atoms with Crippen LogP contribution in [0.25, 0.3) is 11.5 Å². The van der Waals surface area contributed by atoms with Gasteiger partial charge in [0.25, 0.3) is 0 Å². The number of rotatable bonds is 5. The lowest BCUT2D eigenvalue weighted by Crippen LogP contribution is -2.00. The Kier molecular flexibility index (Phi) is 4.12. The number of carbonyl (C=O) groups excluding carboxylic acids is 1. The van der Waals surface area contributed by atoms with Gasteiger partial charge >= 0.3 is 11.9 Å². The molecule has 0 aliphatic rings. The molecule has 0 saturated heterocycles. The van der Waals surface area contributed by atoms with E-state index in [2.05, 4.69) is 14.9 Å². The zero-order chi connectivity index (χ0) is 13.7. The van der Waals surface area contributed by atoms with E-state index in [0.717, 1.165) is 12.2 Å². The third-order valence-corrected chi connectivity index (χ3v) is 2.34. The van der Waals surface area contributed by atoms with Crippen LogP contribution in [0.3, 0.4) is 0 Å². The van der Waals surface area contributed by atoms with Gasteiger partial charge in [-0.3, -0.25) is 0 Å². The van der Waals surface area contributed by atoms with Gasteiger partial charge in [0.2, 0.25) is 5.89 Å². The molecule has 0 N–H and O–H groups in total. The quantitative estimate of drug-likeness (QED) is 0.770. The first-order valence-corrected chi connectivity index (χ1v) is 5.89. The van der Waals surface area contributed by atoms with Gasteiger partial charge in [-0.2, -0.15) is 0 Å². The molecule has 100 valence electrons.